The van der Waals surface area contributed by atoms with Gasteiger partial charge in [0.1, 0.15) is 16.9 Å². The van der Waals surface area contributed by atoms with E-state index < -0.39 is 5.54 Å². The lowest BCUT2D eigenvalue weighted by Crippen LogP contribution is -2.45. The first-order valence-corrected chi connectivity index (χ1v) is 7.63. The van der Waals surface area contributed by atoms with E-state index in [0.717, 1.165) is 11.3 Å². The first-order chi connectivity index (χ1) is 10.7. The second kappa shape index (κ2) is 7.69. The zero-order chi connectivity index (χ0) is 17.1. The normalized spacial score (nSPS) is 13.4. The van der Waals surface area contributed by atoms with Crippen LogP contribution in [-0.4, -0.2) is 11.5 Å². The lowest BCUT2D eigenvalue weighted by molar-refractivity contribution is -0.120. The lowest BCUT2D eigenvalue weighted by atomic mass is 9.92. The molecule has 0 aromatic heterocycles. The second-order valence-electron chi connectivity index (χ2n) is 6.76. The molecule has 24 heavy (non-hydrogen) atoms. The van der Waals surface area contributed by atoms with Gasteiger partial charge in [-0.3, -0.25) is 4.79 Å². The van der Waals surface area contributed by atoms with Crippen molar-refractivity contribution in [3.05, 3.63) is 60.2 Å². The van der Waals surface area contributed by atoms with E-state index in [1.165, 1.54) is 0 Å². The Labute approximate surface area is 149 Å². The number of nitrogens with two attached hydrogens (primary N) is 1. The third-order valence-corrected chi connectivity index (χ3v) is 3.38. The monoisotopic (exact) mass is 348 g/mol. The molecule has 4 nitrogen and oxygen atoms in total. The quantitative estimate of drug-likeness (QED) is 0.874. The van der Waals surface area contributed by atoms with Crippen LogP contribution in [0.4, 0.5) is 5.69 Å². The highest BCUT2D eigenvalue weighted by Crippen LogP contribution is 2.23. The van der Waals surface area contributed by atoms with Crippen molar-refractivity contribution >= 4 is 24.0 Å². The molecule has 0 saturated carbocycles. The molecule has 2 aromatic rings. The minimum atomic E-state index is -1.10. The third kappa shape index (κ3) is 5.25. The van der Waals surface area contributed by atoms with E-state index in [-0.39, 0.29) is 23.9 Å². The molecule has 0 aliphatic heterocycles. The highest BCUT2D eigenvalue weighted by molar-refractivity contribution is 5.98. The van der Waals surface area contributed by atoms with Gasteiger partial charge < -0.3 is 15.8 Å². The number of amides is 1. The van der Waals surface area contributed by atoms with Gasteiger partial charge >= 0.3 is 0 Å². The van der Waals surface area contributed by atoms with Crippen LogP contribution in [0.2, 0.25) is 0 Å². The van der Waals surface area contributed by atoms with Crippen molar-refractivity contribution in [2.75, 3.05) is 5.32 Å². The molecule has 0 radical (unpaired) electrons. The Hall–Kier alpha value is -2.04. The molecule has 0 aliphatic rings. The Morgan fingerprint density at radius 1 is 0.958 bits per heavy atom. The molecule has 0 spiro atoms. The minimum absolute atomic E-state index is 0. The highest BCUT2D eigenvalue weighted by Gasteiger charge is 2.30. The van der Waals surface area contributed by atoms with Gasteiger partial charge in [-0.15, -0.1) is 12.4 Å². The average molecular weight is 349 g/mol. The summed E-state index contributed by atoms with van der Waals surface area (Å²) in [5.41, 5.74) is 6.31. The number of ether oxygens (including phenoxy) is 1. The number of carbonyl (C=O) groups is 1. The van der Waals surface area contributed by atoms with Crippen molar-refractivity contribution in [1.82, 2.24) is 0 Å². The van der Waals surface area contributed by atoms with Crippen LogP contribution < -0.4 is 15.8 Å². The molecule has 3 N–H and O–H groups in total. The van der Waals surface area contributed by atoms with Gasteiger partial charge in [0.25, 0.3) is 0 Å². The molecule has 1 atom stereocenters. The molecule has 0 fully saturated rings. The summed E-state index contributed by atoms with van der Waals surface area (Å²) in [5.74, 6) is 0.502. The fraction of sp³-hybridized carbons (Fsp3) is 0.316. The lowest BCUT2D eigenvalue weighted by Gasteiger charge is -2.24. The average Bonchev–Trinajstić information content (AvgIpc) is 2.48. The summed E-state index contributed by atoms with van der Waals surface area (Å²) in [6.07, 6.45) is 0. The van der Waals surface area contributed by atoms with Gasteiger partial charge in [-0.25, -0.2) is 0 Å². The summed E-state index contributed by atoms with van der Waals surface area (Å²) >= 11 is 0. The van der Waals surface area contributed by atoms with E-state index in [4.69, 9.17) is 10.5 Å². The molecule has 2 rings (SSSR count). The summed E-state index contributed by atoms with van der Waals surface area (Å²) in [6, 6.07) is 16.6. The van der Waals surface area contributed by atoms with Crippen molar-refractivity contribution in [3.63, 3.8) is 0 Å². The number of anilines is 1. The van der Waals surface area contributed by atoms with Gasteiger partial charge in [0.2, 0.25) is 5.91 Å². The van der Waals surface area contributed by atoms with Crippen molar-refractivity contribution in [2.24, 2.45) is 5.73 Å². The van der Waals surface area contributed by atoms with E-state index in [2.05, 4.69) is 5.32 Å². The summed E-state index contributed by atoms with van der Waals surface area (Å²) in [7, 11) is 0. The molecule has 5 heteroatoms. The van der Waals surface area contributed by atoms with E-state index in [1.807, 2.05) is 63.2 Å². The number of hydrogen-bond donors (Lipinski definition) is 2. The molecule has 1 unspecified atom stereocenters. The van der Waals surface area contributed by atoms with Crippen LogP contribution in [0.15, 0.2) is 54.6 Å². The Kier molecular flexibility index (Phi) is 6.41. The van der Waals surface area contributed by atoms with E-state index in [0.29, 0.717) is 5.69 Å². The SMILES string of the molecule is CC(C)(C)Oc1ccc(NC(=O)C(C)(N)c2ccccc2)cc1.Cl. The van der Waals surface area contributed by atoms with E-state index in [9.17, 15) is 4.79 Å². The molecular weight excluding hydrogens is 324 g/mol. The van der Waals surface area contributed by atoms with Gasteiger partial charge in [-0.1, -0.05) is 30.3 Å². The Balaban J connectivity index is 0.00000288. The summed E-state index contributed by atoms with van der Waals surface area (Å²) < 4.78 is 5.76. The van der Waals surface area contributed by atoms with Gasteiger partial charge in [-0.2, -0.15) is 0 Å². The number of halogens is 1. The molecule has 0 heterocycles. The summed E-state index contributed by atoms with van der Waals surface area (Å²) in [6.45, 7) is 7.67. The molecule has 1 amide bonds. The highest BCUT2D eigenvalue weighted by atomic mass is 35.5. The molecular formula is C19H25ClN2O2. The minimum Gasteiger partial charge on any atom is -0.488 e. The van der Waals surface area contributed by atoms with Crippen LogP contribution in [0.5, 0.6) is 5.75 Å². The first kappa shape index (κ1) is 20.0. The molecule has 0 aliphatic carbocycles. The van der Waals surface area contributed by atoms with Crippen molar-refractivity contribution < 1.29 is 9.53 Å². The topological polar surface area (TPSA) is 64.3 Å². The van der Waals surface area contributed by atoms with Gasteiger partial charge in [0.15, 0.2) is 0 Å². The van der Waals surface area contributed by atoms with Crippen LogP contribution in [0.1, 0.15) is 33.3 Å². The second-order valence-corrected chi connectivity index (χ2v) is 6.76. The predicted molar refractivity (Wildman–Crippen MR) is 101 cm³/mol. The first-order valence-electron chi connectivity index (χ1n) is 7.63. The van der Waals surface area contributed by atoms with Crippen LogP contribution in [0, 0.1) is 0 Å². The zero-order valence-electron chi connectivity index (χ0n) is 14.5. The van der Waals surface area contributed by atoms with Gasteiger partial charge in [-0.05, 0) is 57.5 Å². The Bertz CT molecular complexity index is 662. The van der Waals surface area contributed by atoms with Gasteiger partial charge in [0, 0.05) is 5.69 Å². The van der Waals surface area contributed by atoms with Crippen LogP contribution in [0.25, 0.3) is 0 Å². The molecule has 0 saturated heterocycles. The molecule has 130 valence electrons. The number of nitrogens with one attached hydrogen (secondary N) is 1. The number of hydrogen-bond acceptors (Lipinski definition) is 3. The van der Waals surface area contributed by atoms with Crippen molar-refractivity contribution in [3.8, 4) is 5.75 Å². The van der Waals surface area contributed by atoms with Crippen molar-refractivity contribution in [2.45, 2.75) is 38.8 Å². The Morgan fingerprint density at radius 3 is 2.00 bits per heavy atom. The summed E-state index contributed by atoms with van der Waals surface area (Å²) in [4.78, 5) is 12.5. The largest absolute Gasteiger partial charge is 0.488 e. The smallest absolute Gasteiger partial charge is 0.248 e. The Morgan fingerprint density at radius 2 is 1.50 bits per heavy atom. The van der Waals surface area contributed by atoms with Crippen LogP contribution in [0.3, 0.4) is 0 Å². The van der Waals surface area contributed by atoms with Crippen molar-refractivity contribution in [1.29, 1.82) is 0 Å². The van der Waals surface area contributed by atoms with E-state index >= 15 is 0 Å². The molecule has 0 bridgehead atoms. The standard InChI is InChI=1S/C19H24N2O2.ClH/c1-18(2,3)23-16-12-10-15(11-13-16)21-17(22)19(4,20)14-8-6-5-7-9-14;/h5-13H,20H2,1-4H3,(H,21,22);1H. The third-order valence-electron chi connectivity index (χ3n) is 3.38. The fourth-order valence-corrected chi connectivity index (χ4v) is 2.14. The maximum absolute atomic E-state index is 12.5. The number of benzene rings is 2. The summed E-state index contributed by atoms with van der Waals surface area (Å²) in [5, 5.41) is 2.85. The number of carbonyl (C=O) groups excluding carboxylic acids is 1. The van der Waals surface area contributed by atoms with Crippen LogP contribution in [-0.2, 0) is 10.3 Å². The zero-order valence-corrected chi connectivity index (χ0v) is 15.3. The molecule has 2 aromatic carbocycles. The van der Waals surface area contributed by atoms with Crippen LogP contribution >= 0.6 is 12.4 Å². The maximum atomic E-state index is 12.5. The van der Waals surface area contributed by atoms with Gasteiger partial charge in [0.05, 0.1) is 0 Å². The predicted octanol–water partition coefficient (Wildman–Crippen LogP) is 4.10. The van der Waals surface area contributed by atoms with E-state index in [1.54, 1.807) is 19.1 Å². The fourth-order valence-electron chi connectivity index (χ4n) is 2.14. The maximum Gasteiger partial charge on any atom is 0.248 e. The number of rotatable bonds is 4.